The lowest BCUT2D eigenvalue weighted by atomic mass is 9.67. The van der Waals surface area contributed by atoms with Gasteiger partial charge in [0, 0.05) is 17.3 Å². The number of nitrogens with zero attached hydrogens (tertiary/aromatic N) is 2. The van der Waals surface area contributed by atoms with Gasteiger partial charge in [0.25, 0.3) is 0 Å². The topological polar surface area (TPSA) is 25.8 Å². The molecule has 0 saturated carbocycles. The Morgan fingerprint density at radius 1 is 0.833 bits per heavy atom. The minimum atomic E-state index is -0.0654. The van der Waals surface area contributed by atoms with Crippen LogP contribution in [0.15, 0.2) is 114 Å². The summed E-state index contributed by atoms with van der Waals surface area (Å²) in [6.45, 7) is 9.34. The van der Waals surface area contributed by atoms with Crippen molar-refractivity contribution < 1.29 is 0 Å². The Hall–Kier alpha value is -4.30. The first-order chi connectivity index (χ1) is 23.4. The zero-order valence-corrected chi connectivity index (χ0v) is 29.1. The Morgan fingerprint density at radius 3 is 2.50 bits per heavy atom. The van der Waals surface area contributed by atoms with E-state index >= 15 is 0 Å². The molecule has 5 aliphatic carbocycles. The van der Waals surface area contributed by atoms with Crippen LogP contribution in [-0.2, 0) is 6.42 Å². The molecule has 0 amide bonds. The van der Waals surface area contributed by atoms with E-state index < -0.39 is 0 Å². The molecule has 0 N–H and O–H groups in total. The summed E-state index contributed by atoms with van der Waals surface area (Å²) in [5.74, 6) is 1.98. The number of allylic oxidation sites excluding steroid dienone is 15. The highest BCUT2D eigenvalue weighted by Gasteiger charge is 2.35. The molecule has 0 radical (unpaired) electrons. The van der Waals surface area contributed by atoms with Gasteiger partial charge in [-0.25, -0.2) is 9.97 Å². The minimum Gasteiger partial charge on any atom is -0.237 e. The number of benzene rings is 2. The Labute approximate surface area is 287 Å². The molecule has 2 aromatic carbocycles. The summed E-state index contributed by atoms with van der Waals surface area (Å²) in [5.41, 5.74) is 13.3. The average Bonchev–Trinajstić information content (AvgIpc) is 3.13. The van der Waals surface area contributed by atoms with Gasteiger partial charge in [0.15, 0.2) is 0 Å². The number of fused-ring (bicyclic) bond motifs is 3. The van der Waals surface area contributed by atoms with Crippen LogP contribution in [0.5, 0.6) is 0 Å². The van der Waals surface area contributed by atoms with Crippen LogP contribution in [0.2, 0.25) is 0 Å². The third kappa shape index (κ3) is 5.74. The third-order valence-corrected chi connectivity index (χ3v) is 11.6. The Kier molecular flexibility index (Phi) is 8.15. The molecule has 0 spiro atoms. The van der Waals surface area contributed by atoms with Crippen LogP contribution in [-0.4, -0.2) is 9.97 Å². The summed E-state index contributed by atoms with van der Waals surface area (Å²) < 4.78 is 0. The Balaban J connectivity index is 1.31. The number of hydrogen-bond donors (Lipinski definition) is 0. The van der Waals surface area contributed by atoms with Gasteiger partial charge in [-0.05, 0) is 121 Å². The fourth-order valence-corrected chi connectivity index (χ4v) is 8.54. The molecule has 2 nitrogen and oxygen atoms in total. The van der Waals surface area contributed by atoms with Gasteiger partial charge in [-0.15, -0.1) is 0 Å². The summed E-state index contributed by atoms with van der Waals surface area (Å²) >= 11 is 0. The first-order valence-electron chi connectivity index (χ1n) is 18.3. The molecule has 1 aromatic heterocycles. The molecule has 5 aliphatic rings. The number of hydrogen-bond acceptors (Lipinski definition) is 2. The molecule has 0 aliphatic heterocycles. The van der Waals surface area contributed by atoms with Crippen molar-refractivity contribution in [3.8, 4) is 0 Å². The van der Waals surface area contributed by atoms with Crippen molar-refractivity contribution in [2.75, 3.05) is 0 Å². The maximum Gasteiger partial charge on any atom is 0.136 e. The van der Waals surface area contributed by atoms with E-state index in [0.29, 0.717) is 5.92 Å². The van der Waals surface area contributed by atoms with Crippen molar-refractivity contribution in [3.63, 3.8) is 0 Å². The predicted octanol–water partition coefficient (Wildman–Crippen LogP) is 12.2. The van der Waals surface area contributed by atoms with Gasteiger partial charge in [0.05, 0.1) is 11.4 Å². The smallest absolute Gasteiger partial charge is 0.136 e. The van der Waals surface area contributed by atoms with E-state index in [9.17, 15) is 0 Å². The van der Waals surface area contributed by atoms with Crippen LogP contribution in [0.25, 0.3) is 28.0 Å². The van der Waals surface area contributed by atoms with Gasteiger partial charge in [0.1, 0.15) is 5.82 Å². The van der Waals surface area contributed by atoms with Crippen molar-refractivity contribution >= 4 is 28.0 Å². The SMILES string of the molecule is CC1=CCC(C)(C2=CC(c3cc(C4=CCCC=C4)nc([C@H]4C=CCCC4)n3)CC(c3cc4c(c5ccccc35)C=CC(C)C4)=C2)C(C)=C1. The Bertz CT molecular complexity index is 2040. The van der Waals surface area contributed by atoms with E-state index in [0.717, 1.165) is 62.2 Å². The van der Waals surface area contributed by atoms with Crippen molar-refractivity contribution in [1.29, 1.82) is 0 Å². The summed E-state index contributed by atoms with van der Waals surface area (Å²) in [6.07, 6.45) is 35.0. The second-order valence-corrected chi connectivity index (χ2v) is 15.1. The van der Waals surface area contributed by atoms with Crippen LogP contribution < -0.4 is 0 Å². The highest BCUT2D eigenvalue weighted by molar-refractivity contribution is 6.00. The largest absolute Gasteiger partial charge is 0.237 e. The minimum absolute atomic E-state index is 0.0654. The van der Waals surface area contributed by atoms with Crippen molar-refractivity contribution in [1.82, 2.24) is 9.97 Å². The molecular weight excluding hydrogens is 581 g/mol. The third-order valence-electron chi connectivity index (χ3n) is 11.6. The maximum absolute atomic E-state index is 5.46. The molecule has 3 aromatic rings. The highest BCUT2D eigenvalue weighted by Crippen LogP contribution is 2.49. The normalized spacial score (nSPS) is 26.8. The van der Waals surface area contributed by atoms with E-state index in [-0.39, 0.29) is 17.3 Å². The molecule has 2 heteroatoms. The zero-order chi connectivity index (χ0) is 32.8. The summed E-state index contributed by atoms with van der Waals surface area (Å²) in [4.78, 5) is 10.7. The Morgan fingerprint density at radius 2 is 1.71 bits per heavy atom. The average molecular weight is 629 g/mol. The second kappa shape index (κ2) is 12.6. The van der Waals surface area contributed by atoms with Crippen LogP contribution >= 0.6 is 0 Å². The molecule has 3 unspecified atom stereocenters. The van der Waals surface area contributed by atoms with Crippen LogP contribution in [0.1, 0.15) is 118 Å². The molecule has 0 bridgehead atoms. The molecular formula is C46H48N2. The molecule has 242 valence electrons. The van der Waals surface area contributed by atoms with E-state index in [1.807, 2.05) is 0 Å². The lowest BCUT2D eigenvalue weighted by molar-refractivity contribution is 0.484. The first-order valence-corrected chi connectivity index (χ1v) is 18.3. The van der Waals surface area contributed by atoms with Gasteiger partial charge in [-0.3, -0.25) is 0 Å². The van der Waals surface area contributed by atoms with Crippen LogP contribution in [0.3, 0.4) is 0 Å². The van der Waals surface area contributed by atoms with Crippen molar-refractivity contribution in [2.45, 2.75) is 90.9 Å². The van der Waals surface area contributed by atoms with E-state index in [4.69, 9.17) is 9.97 Å². The van der Waals surface area contributed by atoms with Gasteiger partial charge < -0.3 is 0 Å². The fraction of sp³-hybridized carbons (Fsp3) is 0.348. The van der Waals surface area contributed by atoms with Gasteiger partial charge in [-0.2, -0.15) is 0 Å². The summed E-state index contributed by atoms with van der Waals surface area (Å²) in [6, 6.07) is 13.9. The predicted molar refractivity (Wildman–Crippen MR) is 204 cm³/mol. The molecule has 0 saturated heterocycles. The summed E-state index contributed by atoms with van der Waals surface area (Å²) in [7, 11) is 0. The van der Waals surface area contributed by atoms with Gasteiger partial charge in [-0.1, -0.05) is 122 Å². The highest BCUT2D eigenvalue weighted by atomic mass is 14.9. The molecule has 0 fully saturated rings. The quantitative estimate of drug-likeness (QED) is 0.263. The van der Waals surface area contributed by atoms with Crippen molar-refractivity contribution in [2.24, 2.45) is 11.3 Å². The number of aromatic nitrogens is 2. The van der Waals surface area contributed by atoms with Crippen LogP contribution in [0.4, 0.5) is 0 Å². The van der Waals surface area contributed by atoms with Gasteiger partial charge in [0.2, 0.25) is 0 Å². The molecule has 4 atom stereocenters. The standard InChI is InChI=1S/C46H48N2/c1-30-19-20-39-35(24-30)28-42(41-18-12-11-17-40(39)41)36-25-37(27-38(26-36)46(4)22-21-31(2)23-32(46)3)44-29-43(33-13-7-5-8-14-33)47-45(48-44)34-15-9-6-10-16-34/h7,9,11-15,17-21,23,26-30,34,37H,5-6,8,10,16,22,24-25H2,1-4H3/t30?,34-,37?,46?/m0/s1. The van der Waals surface area contributed by atoms with E-state index in [1.165, 1.54) is 61.7 Å². The lowest BCUT2D eigenvalue weighted by Gasteiger charge is -2.37. The van der Waals surface area contributed by atoms with Crippen LogP contribution in [0, 0.1) is 11.3 Å². The summed E-state index contributed by atoms with van der Waals surface area (Å²) in [5, 5.41) is 2.72. The monoisotopic (exact) mass is 628 g/mol. The molecule has 8 rings (SSSR count). The molecule has 48 heavy (non-hydrogen) atoms. The first kappa shape index (κ1) is 31.0. The van der Waals surface area contributed by atoms with E-state index in [1.54, 1.807) is 0 Å². The van der Waals surface area contributed by atoms with Crippen molar-refractivity contribution in [3.05, 3.63) is 148 Å². The zero-order valence-electron chi connectivity index (χ0n) is 29.1. The second-order valence-electron chi connectivity index (χ2n) is 15.1. The molecule has 1 heterocycles. The fourth-order valence-electron chi connectivity index (χ4n) is 8.54. The number of rotatable bonds is 5. The maximum atomic E-state index is 5.46. The lowest BCUT2D eigenvalue weighted by Crippen LogP contribution is -2.24. The van der Waals surface area contributed by atoms with Gasteiger partial charge >= 0.3 is 0 Å². The van der Waals surface area contributed by atoms with E-state index in [2.05, 4.69) is 131 Å².